The van der Waals surface area contributed by atoms with Crippen molar-refractivity contribution in [2.24, 2.45) is 11.3 Å². The molecular formula is C34H32F3N5O2. The minimum atomic E-state index is -0.953. The maximum atomic E-state index is 16.8. The molecule has 10 heteroatoms. The number of halogens is 3. The van der Waals surface area contributed by atoms with Gasteiger partial charge in [-0.3, -0.25) is 0 Å². The molecule has 0 amide bonds. The van der Waals surface area contributed by atoms with E-state index in [2.05, 4.69) is 33.1 Å². The molecule has 4 aromatic rings. The highest BCUT2D eigenvalue weighted by molar-refractivity contribution is 6.04. The van der Waals surface area contributed by atoms with E-state index < -0.39 is 23.0 Å². The van der Waals surface area contributed by atoms with Crippen LogP contribution in [0.3, 0.4) is 0 Å². The molecule has 4 atom stereocenters. The van der Waals surface area contributed by atoms with Gasteiger partial charge in [-0.15, -0.1) is 6.42 Å². The third-order valence-corrected chi connectivity index (χ3v) is 10.1. The maximum absolute atomic E-state index is 16.8. The van der Waals surface area contributed by atoms with Crippen LogP contribution in [0.15, 0.2) is 30.3 Å². The third-order valence-electron chi connectivity index (χ3n) is 10.1. The number of likely N-dealkylation sites (tertiary alicyclic amines) is 1. The Morgan fingerprint density at radius 2 is 1.89 bits per heavy atom. The largest absolute Gasteiger partial charge is 0.508 e. The molecule has 7 nitrogen and oxygen atoms in total. The lowest BCUT2D eigenvalue weighted by Gasteiger charge is -2.34. The molecule has 3 aliphatic heterocycles. The summed E-state index contributed by atoms with van der Waals surface area (Å²) in [5.74, 6) is 0.545. The monoisotopic (exact) mass is 599 g/mol. The number of nitrogens with zero attached hydrogens (tertiary/aromatic N) is 4. The van der Waals surface area contributed by atoms with E-state index in [1.807, 2.05) is 0 Å². The van der Waals surface area contributed by atoms with Crippen molar-refractivity contribution in [3.05, 3.63) is 53.3 Å². The van der Waals surface area contributed by atoms with Crippen LogP contribution >= 0.6 is 0 Å². The highest BCUT2D eigenvalue weighted by atomic mass is 19.1. The fourth-order valence-corrected chi connectivity index (χ4v) is 7.90. The molecule has 4 fully saturated rings. The van der Waals surface area contributed by atoms with Gasteiger partial charge in [-0.05, 0) is 74.8 Å². The lowest BCUT2D eigenvalue weighted by Crippen LogP contribution is -2.51. The zero-order chi connectivity index (χ0) is 30.3. The second-order valence-electron chi connectivity index (χ2n) is 13.1. The Labute approximate surface area is 253 Å². The average Bonchev–Trinajstić information content (AvgIpc) is 3.62. The second kappa shape index (κ2) is 9.98. The van der Waals surface area contributed by atoms with Crippen molar-refractivity contribution in [2.75, 3.05) is 44.7 Å². The Balaban J connectivity index is 1.30. The van der Waals surface area contributed by atoms with E-state index in [4.69, 9.17) is 16.1 Å². The predicted octanol–water partition coefficient (Wildman–Crippen LogP) is 5.22. The van der Waals surface area contributed by atoms with Crippen molar-refractivity contribution in [1.82, 2.24) is 20.2 Å². The molecule has 1 aliphatic carbocycles. The fourth-order valence-electron chi connectivity index (χ4n) is 7.90. The van der Waals surface area contributed by atoms with E-state index in [1.165, 1.54) is 30.3 Å². The molecule has 3 saturated heterocycles. The summed E-state index contributed by atoms with van der Waals surface area (Å²) in [6.45, 7) is 3.68. The van der Waals surface area contributed by atoms with Crippen molar-refractivity contribution in [3.8, 4) is 35.2 Å². The van der Waals surface area contributed by atoms with Crippen molar-refractivity contribution >= 4 is 27.5 Å². The zero-order valence-corrected chi connectivity index (χ0v) is 24.3. The van der Waals surface area contributed by atoms with Crippen LogP contribution in [0.2, 0.25) is 0 Å². The highest BCUT2D eigenvalue weighted by Crippen LogP contribution is 2.57. The number of terminal acetylenes is 1. The minimum absolute atomic E-state index is 0.0301. The van der Waals surface area contributed by atoms with Gasteiger partial charge in [-0.2, -0.15) is 9.97 Å². The van der Waals surface area contributed by atoms with E-state index >= 15 is 8.78 Å². The maximum Gasteiger partial charge on any atom is 0.319 e. The number of fused-ring (bicyclic) bond motifs is 5. The first-order valence-electron chi connectivity index (χ1n) is 15.2. The molecule has 2 unspecified atom stereocenters. The molecule has 2 bridgehead atoms. The summed E-state index contributed by atoms with van der Waals surface area (Å²) in [4.78, 5) is 13.7. The minimum Gasteiger partial charge on any atom is -0.508 e. The standard InChI is InChI=1S/C34H32F3N5O2/c1-3-23-26(35)7-4-18-10-22(43)11-24(28(18)23)29-27(36)12-25-31(30(29)37)39-33(44-17-34-13-19(34)8-9-41(2)16-34)40-32(25)42-14-20-5-6-21(15-42)38-20/h1,4,7,10-12,19-21,38,43H,5-6,8-9,13-17H2,2H3/t19?,20-,21+,34?. The van der Waals surface area contributed by atoms with Gasteiger partial charge in [0.25, 0.3) is 0 Å². The Morgan fingerprint density at radius 3 is 2.66 bits per heavy atom. The Morgan fingerprint density at radius 1 is 1.09 bits per heavy atom. The predicted molar refractivity (Wildman–Crippen MR) is 162 cm³/mol. The number of hydrogen-bond donors (Lipinski definition) is 2. The molecule has 44 heavy (non-hydrogen) atoms. The first-order chi connectivity index (χ1) is 21.2. The molecule has 0 radical (unpaired) electrons. The molecule has 1 aromatic heterocycles. The molecular weight excluding hydrogens is 567 g/mol. The molecule has 226 valence electrons. The highest BCUT2D eigenvalue weighted by Gasteiger charge is 2.57. The second-order valence-corrected chi connectivity index (χ2v) is 13.1. The number of ether oxygens (including phenoxy) is 1. The van der Waals surface area contributed by atoms with Crippen molar-refractivity contribution in [3.63, 3.8) is 0 Å². The lowest BCUT2D eigenvalue weighted by molar-refractivity contribution is 0.129. The number of rotatable bonds is 5. The lowest BCUT2D eigenvalue weighted by atomic mass is 9.92. The first kappa shape index (κ1) is 27.5. The topological polar surface area (TPSA) is 73.8 Å². The fraction of sp³-hybridized carbons (Fsp3) is 0.412. The van der Waals surface area contributed by atoms with Crippen LogP contribution < -0.4 is 15.0 Å². The van der Waals surface area contributed by atoms with E-state index in [0.29, 0.717) is 36.8 Å². The van der Waals surface area contributed by atoms with Crippen molar-refractivity contribution < 1.29 is 23.0 Å². The Hall–Kier alpha value is -4.07. The van der Waals surface area contributed by atoms with Gasteiger partial charge < -0.3 is 25.0 Å². The van der Waals surface area contributed by atoms with E-state index in [-0.39, 0.29) is 56.7 Å². The van der Waals surface area contributed by atoms with Gasteiger partial charge in [-0.25, -0.2) is 13.2 Å². The summed E-state index contributed by atoms with van der Waals surface area (Å²) in [6.07, 6.45) is 9.88. The van der Waals surface area contributed by atoms with E-state index in [0.717, 1.165) is 38.8 Å². The summed E-state index contributed by atoms with van der Waals surface area (Å²) in [5.41, 5.74) is -0.727. The number of aromatic hydroxyl groups is 1. The van der Waals surface area contributed by atoms with Crippen LogP contribution in [0.4, 0.5) is 19.0 Å². The third kappa shape index (κ3) is 4.36. The van der Waals surface area contributed by atoms with Crippen LogP contribution in [0, 0.1) is 41.1 Å². The van der Waals surface area contributed by atoms with Gasteiger partial charge in [0.15, 0.2) is 5.82 Å². The summed E-state index contributed by atoms with van der Waals surface area (Å²) < 4.78 is 54.0. The molecule has 0 spiro atoms. The number of anilines is 1. The SMILES string of the molecule is C#Cc1c(F)ccc2cc(O)cc(-c3c(F)cc4c(N5C[C@H]6CC[C@@H](C5)N6)nc(OCC56CC5CCN(C)C6)nc4c3F)c12. The quantitative estimate of drug-likeness (QED) is 0.305. The number of benzene rings is 3. The number of piperidine rings is 1. The Bertz CT molecular complexity index is 1880. The summed E-state index contributed by atoms with van der Waals surface area (Å²) in [7, 11) is 2.10. The molecule has 8 rings (SSSR count). The van der Waals surface area contributed by atoms with Crippen molar-refractivity contribution in [2.45, 2.75) is 37.8 Å². The molecule has 2 N–H and O–H groups in total. The molecule has 4 aliphatic rings. The summed E-state index contributed by atoms with van der Waals surface area (Å²) in [6, 6.07) is 6.97. The summed E-state index contributed by atoms with van der Waals surface area (Å²) >= 11 is 0. The zero-order valence-electron chi connectivity index (χ0n) is 24.3. The number of aromatic nitrogens is 2. The van der Waals surface area contributed by atoms with Gasteiger partial charge >= 0.3 is 6.01 Å². The van der Waals surface area contributed by atoms with Crippen LogP contribution in [-0.4, -0.2) is 71.9 Å². The smallest absolute Gasteiger partial charge is 0.319 e. The number of hydrogen-bond acceptors (Lipinski definition) is 7. The number of phenols is 1. The van der Waals surface area contributed by atoms with Gasteiger partial charge in [0.2, 0.25) is 0 Å². The Kier molecular flexibility index (Phi) is 6.23. The molecule has 1 saturated carbocycles. The number of nitrogens with one attached hydrogen (secondary N) is 1. The van der Waals surface area contributed by atoms with Crippen LogP contribution in [0.25, 0.3) is 32.8 Å². The van der Waals surface area contributed by atoms with Gasteiger partial charge in [0, 0.05) is 53.5 Å². The van der Waals surface area contributed by atoms with E-state index in [1.54, 1.807) is 0 Å². The van der Waals surface area contributed by atoms with Crippen LogP contribution in [0.1, 0.15) is 31.2 Å². The van der Waals surface area contributed by atoms with Gasteiger partial charge in [-0.1, -0.05) is 12.0 Å². The normalized spacial score (nSPS) is 26.2. The van der Waals surface area contributed by atoms with Crippen LogP contribution in [0.5, 0.6) is 11.8 Å². The number of phenolic OH excluding ortho intramolecular Hbond substituents is 1. The number of piperazine rings is 1. The van der Waals surface area contributed by atoms with Gasteiger partial charge in [0.1, 0.15) is 28.7 Å². The molecule has 4 heterocycles. The van der Waals surface area contributed by atoms with Crippen LogP contribution in [-0.2, 0) is 0 Å². The molecule has 3 aromatic carbocycles. The van der Waals surface area contributed by atoms with Gasteiger partial charge in [0.05, 0.1) is 17.7 Å². The summed E-state index contributed by atoms with van der Waals surface area (Å²) in [5, 5.41) is 14.8. The average molecular weight is 600 g/mol. The van der Waals surface area contributed by atoms with Crippen molar-refractivity contribution in [1.29, 1.82) is 0 Å². The first-order valence-corrected chi connectivity index (χ1v) is 15.2. The van der Waals surface area contributed by atoms with E-state index in [9.17, 15) is 9.50 Å².